The molecular formula is C42H26N4. The molecule has 0 spiro atoms. The van der Waals surface area contributed by atoms with Crippen LogP contribution >= 0.6 is 0 Å². The first-order valence-corrected chi connectivity index (χ1v) is 15.6. The van der Waals surface area contributed by atoms with Crippen molar-refractivity contribution in [3.63, 3.8) is 0 Å². The number of rotatable bonds is 4. The van der Waals surface area contributed by atoms with Crippen molar-refractivity contribution in [2.45, 2.75) is 0 Å². The minimum Gasteiger partial charge on any atom is -0.316 e. The molecule has 0 aliphatic carbocycles. The Morgan fingerprint density at radius 1 is 0.457 bits per heavy atom. The van der Waals surface area contributed by atoms with E-state index >= 15 is 0 Å². The molecule has 10 rings (SSSR count). The van der Waals surface area contributed by atoms with Crippen LogP contribution in [0.3, 0.4) is 0 Å². The normalized spacial score (nSPS) is 11.9. The van der Waals surface area contributed by atoms with Crippen LogP contribution in [-0.2, 0) is 0 Å². The second kappa shape index (κ2) is 9.62. The number of aromatic nitrogens is 4. The van der Waals surface area contributed by atoms with Gasteiger partial charge < -0.3 is 4.57 Å². The highest BCUT2D eigenvalue weighted by Crippen LogP contribution is 2.43. The Morgan fingerprint density at radius 2 is 1.20 bits per heavy atom. The third-order valence-corrected chi connectivity index (χ3v) is 9.32. The minimum absolute atomic E-state index is 0.674. The van der Waals surface area contributed by atoms with Gasteiger partial charge in [-0.1, -0.05) is 115 Å². The van der Waals surface area contributed by atoms with E-state index in [0.717, 1.165) is 38.9 Å². The predicted molar refractivity (Wildman–Crippen MR) is 190 cm³/mol. The summed E-state index contributed by atoms with van der Waals surface area (Å²) >= 11 is 0. The Morgan fingerprint density at radius 3 is 2.04 bits per heavy atom. The maximum atomic E-state index is 5.36. The fourth-order valence-electron chi connectivity index (χ4n) is 7.24. The molecule has 0 atom stereocenters. The molecule has 7 aromatic carbocycles. The van der Waals surface area contributed by atoms with Crippen molar-refractivity contribution in [1.82, 2.24) is 19.1 Å². The molecule has 10 aromatic rings. The quantitative estimate of drug-likeness (QED) is 0.192. The molecule has 46 heavy (non-hydrogen) atoms. The Kier molecular flexibility index (Phi) is 5.25. The number of nitrogens with zero attached hydrogens (tertiary/aromatic N) is 4. The molecule has 0 aliphatic rings. The summed E-state index contributed by atoms with van der Waals surface area (Å²) in [5.74, 6) is 0.674. The topological polar surface area (TPSA) is 35.6 Å². The van der Waals surface area contributed by atoms with Gasteiger partial charge in [0.1, 0.15) is 0 Å². The first kappa shape index (κ1) is 25.1. The molecule has 0 bridgehead atoms. The van der Waals surface area contributed by atoms with Crippen molar-refractivity contribution in [2.75, 3.05) is 0 Å². The van der Waals surface area contributed by atoms with Crippen molar-refractivity contribution in [3.05, 3.63) is 158 Å². The fraction of sp³-hybridized carbons (Fsp3) is 0. The summed E-state index contributed by atoms with van der Waals surface area (Å²) in [4.78, 5) is 10.6. The van der Waals surface area contributed by atoms with Crippen LogP contribution < -0.4 is 0 Å². The standard InChI is InChI=1S/C42H26N4/c1-3-10-27(11-4-1)28-18-20-30(21-19-28)40-33-15-7-8-16-35(33)43-42(44-40)46-36-17-9-12-29-22-23-34-39(38(29)36)37(46)26-31-24-25-45(41(31)34)32-13-5-2-6-14-32/h1-26H. The molecule has 0 radical (unpaired) electrons. The maximum Gasteiger partial charge on any atom is 0.235 e. The largest absolute Gasteiger partial charge is 0.316 e. The van der Waals surface area contributed by atoms with Gasteiger partial charge in [-0.3, -0.25) is 4.57 Å². The number of benzene rings is 7. The van der Waals surface area contributed by atoms with Crippen LogP contribution in [0.1, 0.15) is 0 Å². The number of hydrogen-bond acceptors (Lipinski definition) is 2. The molecule has 3 aromatic heterocycles. The van der Waals surface area contributed by atoms with Gasteiger partial charge in [-0.2, -0.15) is 0 Å². The molecule has 0 saturated carbocycles. The summed E-state index contributed by atoms with van der Waals surface area (Å²) in [7, 11) is 0. The lowest BCUT2D eigenvalue weighted by Gasteiger charge is -2.12. The van der Waals surface area contributed by atoms with Gasteiger partial charge in [0.15, 0.2) is 0 Å². The second-order valence-corrected chi connectivity index (χ2v) is 11.9. The zero-order valence-corrected chi connectivity index (χ0v) is 24.8. The molecule has 0 aliphatic heterocycles. The Balaban J connectivity index is 1.25. The SMILES string of the molecule is c1ccc(-c2ccc(-c3nc(-n4c5cccc6ccc7c(c65)c4cc4ccn(-c5ccccc5)c47)nc4ccccc34)cc2)cc1. The predicted octanol–water partition coefficient (Wildman–Crippen LogP) is 10.6. The molecular weight excluding hydrogens is 560 g/mol. The minimum atomic E-state index is 0.674. The molecule has 214 valence electrons. The highest BCUT2D eigenvalue weighted by molar-refractivity contribution is 6.29. The average molecular weight is 587 g/mol. The number of fused-ring (bicyclic) bond motifs is 3. The van der Waals surface area contributed by atoms with Crippen molar-refractivity contribution in [3.8, 4) is 34.0 Å². The summed E-state index contributed by atoms with van der Waals surface area (Å²) in [6, 6.07) is 53.7. The Hall–Kier alpha value is -6.26. The smallest absolute Gasteiger partial charge is 0.235 e. The van der Waals surface area contributed by atoms with E-state index in [1.54, 1.807) is 0 Å². The zero-order chi connectivity index (χ0) is 30.2. The molecule has 3 heterocycles. The van der Waals surface area contributed by atoms with Crippen molar-refractivity contribution in [1.29, 1.82) is 0 Å². The third kappa shape index (κ3) is 3.61. The molecule has 0 amide bonds. The monoisotopic (exact) mass is 586 g/mol. The first-order chi connectivity index (χ1) is 22.8. The van der Waals surface area contributed by atoms with Gasteiger partial charge in [0, 0.05) is 44.4 Å². The highest BCUT2D eigenvalue weighted by atomic mass is 15.2. The molecule has 0 saturated heterocycles. The molecule has 4 nitrogen and oxygen atoms in total. The lowest BCUT2D eigenvalue weighted by atomic mass is 10.0. The van der Waals surface area contributed by atoms with E-state index in [-0.39, 0.29) is 0 Å². The third-order valence-electron chi connectivity index (χ3n) is 9.32. The lowest BCUT2D eigenvalue weighted by Crippen LogP contribution is -2.03. The molecule has 4 heteroatoms. The van der Waals surface area contributed by atoms with Crippen LogP contribution in [0.4, 0.5) is 0 Å². The number of hydrogen-bond donors (Lipinski definition) is 0. The maximum absolute atomic E-state index is 5.36. The van der Waals surface area contributed by atoms with Gasteiger partial charge in [0.2, 0.25) is 5.95 Å². The average Bonchev–Trinajstić information content (AvgIpc) is 3.71. The zero-order valence-electron chi connectivity index (χ0n) is 24.8. The van der Waals surface area contributed by atoms with Crippen molar-refractivity contribution >= 4 is 54.4 Å². The van der Waals surface area contributed by atoms with Crippen molar-refractivity contribution < 1.29 is 0 Å². The van der Waals surface area contributed by atoms with Crippen LogP contribution in [0.2, 0.25) is 0 Å². The molecule has 0 unspecified atom stereocenters. The van der Waals surface area contributed by atoms with E-state index in [0.29, 0.717) is 5.95 Å². The number of para-hydroxylation sites is 2. The van der Waals surface area contributed by atoms with Gasteiger partial charge in [-0.05, 0) is 52.9 Å². The summed E-state index contributed by atoms with van der Waals surface area (Å²) in [5.41, 5.74) is 9.88. The van der Waals surface area contributed by atoms with Gasteiger partial charge >= 0.3 is 0 Å². The second-order valence-electron chi connectivity index (χ2n) is 11.9. The van der Waals surface area contributed by atoms with E-state index in [1.165, 1.54) is 43.6 Å². The summed E-state index contributed by atoms with van der Waals surface area (Å²) in [6.07, 6.45) is 2.18. The van der Waals surface area contributed by atoms with Crippen LogP contribution in [0, 0.1) is 0 Å². The first-order valence-electron chi connectivity index (χ1n) is 15.6. The highest BCUT2D eigenvalue weighted by Gasteiger charge is 2.22. The van der Waals surface area contributed by atoms with Crippen molar-refractivity contribution in [2.24, 2.45) is 0 Å². The summed E-state index contributed by atoms with van der Waals surface area (Å²) in [5, 5.41) is 7.13. The Bertz CT molecular complexity index is 2720. The van der Waals surface area contributed by atoms with Crippen LogP contribution in [0.25, 0.3) is 88.4 Å². The van der Waals surface area contributed by atoms with Gasteiger partial charge in [-0.15, -0.1) is 0 Å². The van der Waals surface area contributed by atoms with E-state index in [1.807, 2.05) is 6.07 Å². The Labute approximate surface area is 264 Å². The summed E-state index contributed by atoms with van der Waals surface area (Å²) < 4.78 is 4.56. The van der Waals surface area contributed by atoms with Crippen LogP contribution in [-0.4, -0.2) is 19.1 Å². The fourth-order valence-corrected chi connectivity index (χ4v) is 7.24. The molecule has 0 fully saturated rings. The van der Waals surface area contributed by atoms with E-state index in [4.69, 9.17) is 9.97 Å². The lowest BCUT2D eigenvalue weighted by molar-refractivity contribution is 1.01. The van der Waals surface area contributed by atoms with E-state index in [9.17, 15) is 0 Å². The van der Waals surface area contributed by atoms with Crippen LogP contribution in [0.15, 0.2) is 158 Å². The molecule has 0 N–H and O–H groups in total. The van der Waals surface area contributed by atoms with E-state index < -0.39 is 0 Å². The van der Waals surface area contributed by atoms with Gasteiger partial charge in [-0.25, -0.2) is 9.97 Å². The van der Waals surface area contributed by atoms with Crippen LogP contribution in [0.5, 0.6) is 0 Å². The van der Waals surface area contributed by atoms with E-state index in [2.05, 4.69) is 161 Å². The van der Waals surface area contributed by atoms with Gasteiger partial charge in [0.25, 0.3) is 0 Å². The van der Waals surface area contributed by atoms with Gasteiger partial charge in [0.05, 0.1) is 27.8 Å². The summed E-state index contributed by atoms with van der Waals surface area (Å²) in [6.45, 7) is 0.